The highest BCUT2D eigenvalue weighted by atomic mass is 35.5. The van der Waals surface area contributed by atoms with Crippen molar-refractivity contribution in [1.82, 2.24) is 0 Å². The lowest BCUT2D eigenvalue weighted by Gasteiger charge is -2.26. The summed E-state index contributed by atoms with van der Waals surface area (Å²) < 4.78 is 0. The van der Waals surface area contributed by atoms with Gasteiger partial charge in [-0.05, 0) is 36.4 Å². The van der Waals surface area contributed by atoms with E-state index in [0.717, 1.165) is 0 Å². The van der Waals surface area contributed by atoms with Crippen molar-refractivity contribution in [2.75, 3.05) is 37.0 Å². The van der Waals surface area contributed by atoms with Gasteiger partial charge < -0.3 is 20.0 Å². The average Bonchev–Trinajstić information content (AvgIpc) is 2.49. The molecule has 2 rings (SSSR count). The van der Waals surface area contributed by atoms with E-state index in [1.807, 2.05) is 23.9 Å². The van der Waals surface area contributed by atoms with Crippen molar-refractivity contribution in [1.29, 1.82) is 0 Å². The van der Waals surface area contributed by atoms with Gasteiger partial charge in [0.25, 0.3) is 0 Å². The molecule has 0 saturated carbocycles. The molecule has 0 spiro atoms. The van der Waals surface area contributed by atoms with Gasteiger partial charge in [-0.1, -0.05) is 23.2 Å². The number of rotatable bonds is 5. The fraction of sp³-hybridized carbons (Fsp3) is 0.250. The van der Waals surface area contributed by atoms with Gasteiger partial charge >= 0.3 is 0 Å². The van der Waals surface area contributed by atoms with Crippen LogP contribution in [0.15, 0.2) is 36.4 Å². The molecule has 0 amide bonds. The van der Waals surface area contributed by atoms with E-state index < -0.39 is 0 Å². The van der Waals surface area contributed by atoms with E-state index in [1.165, 1.54) is 0 Å². The second-order valence-electron chi connectivity index (χ2n) is 5.11. The van der Waals surface area contributed by atoms with Gasteiger partial charge in [-0.2, -0.15) is 0 Å². The monoisotopic (exact) mass is 340 g/mol. The van der Waals surface area contributed by atoms with Crippen LogP contribution in [0.25, 0.3) is 0 Å². The molecule has 0 radical (unpaired) electrons. The Hall–Kier alpha value is -1.78. The maximum absolute atomic E-state index is 9.90. The first-order chi connectivity index (χ1) is 10.4. The van der Waals surface area contributed by atoms with Crippen molar-refractivity contribution >= 4 is 34.6 Å². The standard InChI is InChI=1S/C16H18Cl2N2O2/c1-19(13-9-11(17)3-5-15(13)21)7-8-20(2)14-10-12(18)4-6-16(14)22/h3-6,9-10,21-22H,7-8H2,1-2H3. The van der Waals surface area contributed by atoms with Crippen molar-refractivity contribution in [3.63, 3.8) is 0 Å². The summed E-state index contributed by atoms with van der Waals surface area (Å²) in [4.78, 5) is 3.80. The van der Waals surface area contributed by atoms with Crippen molar-refractivity contribution < 1.29 is 10.2 Å². The topological polar surface area (TPSA) is 46.9 Å². The Morgan fingerprint density at radius 1 is 0.773 bits per heavy atom. The molecule has 0 aliphatic rings. The summed E-state index contributed by atoms with van der Waals surface area (Å²) >= 11 is 11.9. The molecule has 118 valence electrons. The highest BCUT2D eigenvalue weighted by Crippen LogP contribution is 2.31. The third-order valence-corrected chi connectivity index (χ3v) is 3.94. The van der Waals surface area contributed by atoms with E-state index in [2.05, 4.69) is 0 Å². The van der Waals surface area contributed by atoms with Crippen LogP contribution in [0.4, 0.5) is 11.4 Å². The van der Waals surface area contributed by atoms with Crippen LogP contribution >= 0.6 is 23.2 Å². The molecule has 0 aromatic heterocycles. The highest BCUT2D eigenvalue weighted by molar-refractivity contribution is 6.31. The van der Waals surface area contributed by atoms with Gasteiger partial charge in [0.05, 0.1) is 11.4 Å². The van der Waals surface area contributed by atoms with Gasteiger partial charge in [-0.25, -0.2) is 0 Å². The zero-order valence-corrected chi connectivity index (χ0v) is 13.9. The van der Waals surface area contributed by atoms with E-state index in [4.69, 9.17) is 23.2 Å². The molecule has 0 atom stereocenters. The molecule has 0 unspecified atom stereocenters. The number of phenols is 2. The lowest BCUT2D eigenvalue weighted by molar-refractivity contribution is 0.473. The van der Waals surface area contributed by atoms with E-state index in [9.17, 15) is 10.2 Å². The lowest BCUT2D eigenvalue weighted by Crippen LogP contribution is -2.30. The van der Waals surface area contributed by atoms with Crippen LogP contribution in [-0.2, 0) is 0 Å². The molecule has 0 heterocycles. The predicted molar refractivity (Wildman–Crippen MR) is 92.8 cm³/mol. The van der Waals surface area contributed by atoms with E-state index >= 15 is 0 Å². The lowest BCUT2D eigenvalue weighted by atomic mass is 10.2. The Bertz CT molecular complexity index is 607. The molecule has 0 aliphatic carbocycles. The molecule has 2 aromatic rings. The smallest absolute Gasteiger partial charge is 0.138 e. The van der Waals surface area contributed by atoms with Gasteiger partial charge in [0.2, 0.25) is 0 Å². The summed E-state index contributed by atoms with van der Waals surface area (Å²) in [5.41, 5.74) is 1.33. The largest absolute Gasteiger partial charge is 0.506 e. The summed E-state index contributed by atoms with van der Waals surface area (Å²) in [5.74, 6) is 0.361. The molecular weight excluding hydrogens is 323 g/mol. The summed E-state index contributed by atoms with van der Waals surface area (Å²) in [6.45, 7) is 1.27. The molecule has 2 aromatic carbocycles. The van der Waals surface area contributed by atoms with Crippen LogP contribution in [0.5, 0.6) is 11.5 Å². The van der Waals surface area contributed by atoms with E-state index in [0.29, 0.717) is 34.5 Å². The predicted octanol–water partition coefficient (Wildman–Crippen LogP) is 3.98. The molecule has 0 saturated heterocycles. The average molecular weight is 341 g/mol. The van der Waals surface area contributed by atoms with Gasteiger partial charge in [-0.3, -0.25) is 0 Å². The molecule has 2 N–H and O–H groups in total. The first-order valence-corrected chi connectivity index (χ1v) is 7.53. The molecular formula is C16H18Cl2N2O2. The molecule has 22 heavy (non-hydrogen) atoms. The maximum Gasteiger partial charge on any atom is 0.138 e. The highest BCUT2D eigenvalue weighted by Gasteiger charge is 2.11. The van der Waals surface area contributed by atoms with Crippen molar-refractivity contribution in [2.24, 2.45) is 0 Å². The normalized spacial score (nSPS) is 10.5. The summed E-state index contributed by atoms with van der Waals surface area (Å²) in [6, 6.07) is 9.86. The molecule has 6 heteroatoms. The fourth-order valence-corrected chi connectivity index (χ4v) is 2.48. The van der Waals surface area contributed by atoms with Crippen molar-refractivity contribution in [3.05, 3.63) is 46.4 Å². The molecule has 0 fully saturated rings. The Morgan fingerprint density at radius 2 is 1.14 bits per heavy atom. The van der Waals surface area contributed by atoms with Crippen LogP contribution < -0.4 is 9.80 Å². The number of aromatic hydroxyl groups is 2. The number of hydrogen-bond donors (Lipinski definition) is 2. The van der Waals surface area contributed by atoms with Crippen LogP contribution in [0, 0.1) is 0 Å². The Kier molecular flexibility index (Phi) is 5.27. The number of benzene rings is 2. The number of nitrogens with zero attached hydrogens (tertiary/aromatic N) is 2. The third kappa shape index (κ3) is 3.90. The minimum atomic E-state index is 0.181. The van der Waals surface area contributed by atoms with Crippen LogP contribution in [0.3, 0.4) is 0 Å². The third-order valence-electron chi connectivity index (χ3n) is 3.47. The first-order valence-electron chi connectivity index (χ1n) is 6.78. The first kappa shape index (κ1) is 16.6. The number of anilines is 2. The van der Waals surface area contributed by atoms with E-state index in [-0.39, 0.29) is 11.5 Å². The van der Waals surface area contributed by atoms with E-state index in [1.54, 1.807) is 36.4 Å². The minimum absolute atomic E-state index is 0.181. The Labute approximate surface area is 140 Å². The SMILES string of the molecule is CN(CCN(C)c1cc(Cl)ccc1O)c1cc(Cl)ccc1O. The maximum atomic E-state index is 9.90. The summed E-state index contributed by atoms with van der Waals surface area (Å²) in [5, 5.41) is 20.9. The molecule has 4 nitrogen and oxygen atoms in total. The van der Waals surface area contributed by atoms with Gasteiger partial charge in [0.1, 0.15) is 11.5 Å². The fourth-order valence-electron chi connectivity index (χ4n) is 2.15. The van der Waals surface area contributed by atoms with Gasteiger partial charge in [0.15, 0.2) is 0 Å². The van der Waals surface area contributed by atoms with Crippen molar-refractivity contribution in [2.45, 2.75) is 0 Å². The van der Waals surface area contributed by atoms with Crippen molar-refractivity contribution in [3.8, 4) is 11.5 Å². The van der Waals surface area contributed by atoms with Crippen LogP contribution in [-0.4, -0.2) is 37.4 Å². The minimum Gasteiger partial charge on any atom is -0.506 e. The van der Waals surface area contributed by atoms with Crippen LogP contribution in [0.1, 0.15) is 0 Å². The number of halogens is 2. The zero-order valence-electron chi connectivity index (χ0n) is 12.4. The van der Waals surface area contributed by atoms with Crippen LogP contribution in [0.2, 0.25) is 10.0 Å². The van der Waals surface area contributed by atoms with Gasteiger partial charge in [0, 0.05) is 37.2 Å². The number of hydrogen-bond acceptors (Lipinski definition) is 4. The van der Waals surface area contributed by atoms with Gasteiger partial charge in [-0.15, -0.1) is 0 Å². The Morgan fingerprint density at radius 3 is 1.50 bits per heavy atom. The summed E-state index contributed by atoms with van der Waals surface area (Å²) in [7, 11) is 3.74. The second kappa shape index (κ2) is 6.99. The zero-order chi connectivity index (χ0) is 16.3. The number of phenolic OH excluding ortho intramolecular Hbond substituents is 2. The summed E-state index contributed by atoms with van der Waals surface area (Å²) in [6.07, 6.45) is 0. The molecule has 0 aliphatic heterocycles. The molecule has 0 bridgehead atoms. The Balaban J connectivity index is 2.05. The quantitative estimate of drug-likeness (QED) is 0.864. The number of likely N-dealkylation sites (N-methyl/N-ethyl adjacent to an activating group) is 2. The second-order valence-corrected chi connectivity index (χ2v) is 5.98.